The fourth-order valence-electron chi connectivity index (χ4n) is 3.97. The summed E-state index contributed by atoms with van der Waals surface area (Å²) < 4.78 is 26.1. The molecule has 0 aliphatic heterocycles. The number of nitrogens with zero attached hydrogens (tertiary/aromatic N) is 1. The number of fused-ring (bicyclic) bond motifs is 1. The summed E-state index contributed by atoms with van der Waals surface area (Å²) in [6.45, 7) is 0.453. The lowest BCUT2D eigenvalue weighted by Gasteiger charge is -2.16. The Morgan fingerprint density at radius 1 is 0.788 bits per heavy atom. The summed E-state index contributed by atoms with van der Waals surface area (Å²) in [6.07, 6.45) is 2.73. The third kappa shape index (κ3) is 4.62. The van der Waals surface area contributed by atoms with Gasteiger partial charge in [0.15, 0.2) is 34.9 Å². The highest BCUT2D eigenvalue weighted by atomic mass is 79.9. The van der Waals surface area contributed by atoms with E-state index in [1.54, 1.807) is 21.3 Å². The van der Waals surface area contributed by atoms with Crippen molar-refractivity contribution in [3.8, 4) is 23.0 Å². The molecular weight excluding hydrogens is 482 g/mol. The van der Waals surface area contributed by atoms with Gasteiger partial charge >= 0.3 is 0 Å². The van der Waals surface area contributed by atoms with E-state index in [0.717, 1.165) is 37.8 Å². The summed E-state index contributed by atoms with van der Waals surface area (Å²) in [7, 11) is 7.00. The maximum absolute atomic E-state index is 6.38. The highest BCUT2D eigenvalue weighted by Gasteiger charge is 2.23. The Morgan fingerprint density at radius 3 is 2.18 bits per heavy atom. The molecule has 3 aromatic carbocycles. The molecule has 0 atom stereocenters. The van der Waals surface area contributed by atoms with Crippen molar-refractivity contribution in [3.63, 3.8) is 0 Å². The van der Waals surface area contributed by atoms with Gasteiger partial charge in [-0.05, 0) is 50.6 Å². The van der Waals surface area contributed by atoms with Crippen LogP contribution in [0.1, 0.15) is 16.8 Å². The van der Waals surface area contributed by atoms with Crippen LogP contribution < -0.4 is 23.5 Å². The van der Waals surface area contributed by atoms with Crippen LogP contribution >= 0.6 is 15.9 Å². The quantitative estimate of drug-likeness (QED) is 0.289. The third-order valence-electron chi connectivity index (χ3n) is 5.71. The summed E-state index contributed by atoms with van der Waals surface area (Å²) in [5.74, 6) is 2.80. The summed E-state index contributed by atoms with van der Waals surface area (Å²) in [6, 6.07) is 20.2. The topological polar surface area (TPSA) is 40.8 Å². The second-order valence-corrected chi connectivity index (χ2v) is 8.45. The first-order chi connectivity index (χ1) is 16.1. The summed E-state index contributed by atoms with van der Waals surface area (Å²) >= 11 is 3.72. The number of halogens is 1. The summed E-state index contributed by atoms with van der Waals surface area (Å²) in [4.78, 5) is 0. The van der Waals surface area contributed by atoms with Crippen LogP contribution in [0.2, 0.25) is 0 Å². The van der Waals surface area contributed by atoms with Crippen LogP contribution in [-0.2, 0) is 20.1 Å². The Labute approximate surface area is 202 Å². The molecule has 0 aliphatic carbocycles. The van der Waals surface area contributed by atoms with Crippen molar-refractivity contribution in [2.24, 2.45) is 7.05 Å². The van der Waals surface area contributed by atoms with E-state index in [1.807, 2.05) is 37.4 Å². The van der Waals surface area contributed by atoms with E-state index in [-0.39, 0.29) is 0 Å². The monoisotopic (exact) mass is 508 g/mol. The number of ether oxygens (including phenoxy) is 4. The predicted octanol–water partition coefficient (Wildman–Crippen LogP) is 5.62. The zero-order valence-electron chi connectivity index (χ0n) is 19.2. The molecule has 1 aromatic heterocycles. The molecule has 0 spiro atoms. The maximum atomic E-state index is 6.38. The molecule has 4 rings (SSSR count). The molecule has 0 radical (unpaired) electrons. The third-order valence-corrected chi connectivity index (χ3v) is 6.58. The van der Waals surface area contributed by atoms with Gasteiger partial charge < -0.3 is 18.9 Å². The molecule has 5 nitrogen and oxygen atoms in total. The predicted molar refractivity (Wildman–Crippen MR) is 133 cm³/mol. The molecule has 0 fully saturated rings. The summed E-state index contributed by atoms with van der Waals surface area (Å²) in [5.41, 5.74) is 3.27. The maximum Gasteiger partial charge on any atom is 0.197 e. The second kappa shape index (κ2) is 10.1. The van der Waals surface area contributed by atoms with Gasteiger partial charge in [0.1, 0.15) is 13.7 Å². The van der Waals surface area contributed by atoms with Crippen LogP contribution in [-0.4, -0.2) is 21.3 Å². The molecule has 170 valence electrons. The Kier molecular flexibility index (Phi) is 7.04. The Balaban J connectivity index is 1.84. The van der Waals surface area contributed by atoms with E-state index in [0.29, 0.717) is 30.3 Å². The van der Waals surface area contributed by atoms with Crippen molar-refractivity contribution in [1.29, 1.82) is 0 Å². The number of hydrogen-bond donors (Lipinski definition) is 0. The van der Waals surface area contributed by atoms with Gasteiger partial charge in [-0.15, -0.1) is 0 Å². The minimum absolute atomic E-state index is 0.453. The fraction of sp³-hybridized carbons (Fsp3) is 0.222. The number of hydrogen-bond acceptors (Lipinski definition) is 4. The molecule has 0 amide bonds. The number of rotatable bonds is 8. The summed E-state index contributed by atoms with van der Waals surface area (Å²) in [5, 5.41) is 2.11. The Morgan fingerprint density at radius 2 is 1.48 bits per heavy atom. The fourth-order valence-corrected chi connectivity index (χ4v) is 4.60. The first-order valence-corrected chi connectivity index (χ1v) is 11.4. The van der Waals surface area contributed by atoms with E-state index < -0.39 is 0 Å². The van der Waals surface area contributed by atoms with Gasteiger partial charge in [0.2, 0.25) is 0 Å². The van der Waals surface area contributed by atoms with E-state index in [9.17, 15) is 0 Å². The average Bonchev–Trinajstić information content (AvgIpc) is 2.85. The Bertz CT molecular complexity index is 1270. The molecule has 0 bridgehead atoms. The van der Waals surface area contributed by atoms with Crippen molar-refractivity contribution >= 4 is 26.7 Å². The molecule has 0 saturated carbocycles. The number of pyridine rings is 1. The van der Waals surface area contributed by atoms with Crippen molar-refractivity contribution in [1.82, 2.24) is 0 Å². The standard InChI is InChI=1S/C27H27BrNO4/c1-29-15-14-19-10-12-22(30-2)26(33-17-18-8-6-5-7-9-18)24(19)21(29)16-20-11-13-23(31-3)27(32-4)25(20)28/h5-15H,16-17H2,1-4H3/q+1. The molecule has 0 saturated heterocycles. The zero-order chi connectivity index (χ0) is 23.4. The molecular formula is C27H27BrNO4+. The lowest BCUT2D eigenvalue weighted by molar-refractivity contribution is -0.677. The van der Waals surface area contributed by atoms with E-state index in [2.05, 4.69) is 57.0 Å². The lowest BCUT2D eigenvalue weighted by Crippen LogP contribution is -2.33. The molecule has 33 heavy (non-hydrogen) atoms. The first kappa shape index (κ1) is 22.9. The largest absolute Gasteiger partial charge is 0.493 e. The number of benzene rings is 3. The van der Waals surface area contributed by atoms with Crippen LogP contribution in [0.5, 0.6) is 23.0 Å². The van der Waals surface area contributed by atoms with Gasteiger partial charge in [-0.25, -0.2) is 4.57 Å². The van der Waals surface area contributed by atoms with Crippen molar-refractivity contribution in [2.45, 2.75) is 13.0 Å². The molecule has 1 heterocycles. The molecule has 0 N–H and O–H groups in total. The number of aromatic nitrogens is 1. The highest BCUT2D eigenvalue weighted by Crippen LogP contribution is 2.41. The van der Waals surface area contributed by atoms with Crippen LogP contribution in [0, 0.1) is 0 Å². The highest BCUT2D eigenvalue weighted by molar-refractivity contribution is 9.10. The smallest absolute Gasteiger partial charge is 0.197 e. The van der Waals surface area contributed by atoms with Crippen LogP contribution in [0.25, 0.3) is 10.8 Å². The van der Waals surface area contributed by atoms with Crippen molar-refractivity contribution < 1.29 is 23.5 Å². The van der Waals surface area contributed by atoms with Gasteiger partial charge in [0.25, 0.3) is 0 Å². The van der Waals surface area contributed by atoms with Gasteiger partial charge in [0.05, 0.1) is 37.6 Å². The zero-order valence-corrected chi connectivity index (χ0v) is 20.8. The van der Waals surface area contributed by atoms with Crippen LogP contribution in [0.15, 0.2) is 71.3 Å². The molecule has 6 heteroatoms. The minimum Gasteiger partial charge on any atom is -0.493 e. The van der Waals surface area contributed by atoms with E-state index in [1.165, 1.54) is 0 Å². The van der Waals surface area contributed by atoms with E-state index in [4.69, 9.17) is 18.9 Å². The van der Waals surface area contributed by atoms with Gasteiger partial charge in [-0.2, -0.15) is 0 Å². The van der Waals surface area contributed by atoms with Gasteiger partial charge in [0, 0.05) is 6.07 Å². The van der Waals surface area contributed by atoms with E-state index >= 15 is 0 Å². The van der Waals surface area contributed by atoms with Crippen LogP contribution in [0.3, 0.4) is 0 Å². The molecule has 0 aliphatic rings. The minimum atomic E-state index is 0.453. The molecule has 4 aromatic rings. The van der Waals surface area contributed by atoms with Crippen LogP contribution in [0.4, 0.5) is 0 Å². The average molecular weight is 509 g/mol. The Hall–Kier alpha value is -3.25. The number of aryl methyl sites for hydroxylation is 1. The first-order valence-electron chi connectivity index (χ1n) is 10.6. The van der Waals surface area contributed by atoms with Crippen molar-refractivity contribution in [2.75, 3.05) is 21.3 Å². The second-order valence-electron chi connectivity index (χ2n) is 7.66. The van der Waals surface area contributed by atoms with Gasteiger partial charge in [-0.3, -0.25) is 0 Å². The van der Waals surface area contributed by atoms with Crippen molar-refractivity contribution in [3.05, 3.63) is 88.2 Å². The van der Waals surface area contributed by atoms with Gasteiger partial charge in [-0.1, -0.05) is 36.4 Å². The normalized spacial score (nSPS) is 10.8. The SMILES string of the molecule is COc1ccc(Cc2c3c(OCc4ccccc4)c(OC)ccc3cc[n+]2C)c(Br)c1OC. The lowest BCUT2D eigenvalue weighted by atomic mass is 10.0. The number of methoxy groups -OCH3 is 3. The molecule has 0 unspecified atom stereocenters.